The molecule has 0 saturated heterocycles. The molecule has 0 fully saturated rings. The first-order chi connectivity index (χ1) is 10.9. The van der Waals surface area contributed by atoms with E-state index in [0.717, 1.165) is 35.7 Å². The maximum Gasteiger partial charge on any atom is 0.240 e. The summed E-state index contributed by atoms with van der Waals surface area (Å²) < 4.78 is 32.5. The molecule has 0 atom stereocenters. The van der Waals surface area contributed by atoms with E-state index in [4.69, 9.17) is 4.42 Å². The molecule has 0 saturated carbocycles. The Morgan fingerprint density at radius 2 is 2.13 bits per heavy atom. The zero-order valence-electron chi connectivity index (χ0n) is 13.6. The summed E-state index contributed by atoms with van der Waals surface area (Å²) in [5.74, 6) is 1.48. The Kier molecular flexibility index (Phi) is 4.16. The van der Waals surface area contributed by atoms with Crippen molar-refractivity contribution in [1.82, 2.24) is 9.71 Å². The van der Waals surface area contributed by atoms with E-state index in [1.807, 2.05) is 19.9 Å². The molecule has 0 amide bonds. The summed E-state index contributed by atoms with van der Waals surface area (Å²) in [5, 5.41) is 0. The number of fused-ring (bicyclic) bond motifs is 1. The van der Waals surface area contributed by atoms with Gasteiger partial charge in [0, 0.05) is 18.8 Å². The Labute approximate surface area is 136 Å². The van der Waals surface area contributed by atoms with Crippen LogP contribution in [0.4, 0.5) is 5.69 Å². The van der Waals surface area contributed by atoms with Gasteiger partial charge in [-0.15, -0.1) is 0 Å². The third-order valence-corrected chi connectivity index (χ3v) is 5.64. The van der Waals surface area contributed by atoms with Gasteiger partial charge < -0.3 is 9.32 Å². The summed E-state index contributed by atoms with van der Waals surface area (Å²) in [5.41, 5.74) is 2.99. The molecule has 1 N–H and O–H groups in total. The third-order valence-electron chi connectivity index (χ3n) is 4.09. The van der Waals surface area contributed by atoms with Crippen molar-refractivity contribution in [1.29, 1.82) is 0 Å². The first-order valence-corrected chi connectivity index (χ1v) is 9.19. The van der Waals surface area contributed by atoms with Crippen LogP contribution >= 0.6 is 0 Å². The fourth-order valence-corrected chi connectivity index (χ4v) is 3.86. The van der Waals surface area contributed by atoms with E-state index in [-0.39, 0.29) is 0 Å². The van der Waals surface area contributed by atoms with Crippen molar-refractivity contribution in [2.24, 2.45) is 0 Å². The maximum absolute atomic E-state index is 12.2. The molecule has 23 heavy (non-hydrogen) atoms. The minimum absolute atomic E-state index is 0.296. The van der Waals surface area contributed by atoms with Gasteiger partial charge in [0.2, 0.25) is 15.9 Å². The minimum atomic E-state index is -3.45. The molecule has 0 aliphatic carbocycles. The number of nitrogens with zero attached hydrogens (tertiary/aromatic N) is 2. The number of nitrogens with one attached hydrogen (secondary N) is 1. The molecule has 0 radical (unpaired) electrons. The van der Waals surface area contributed by atoms with E-state index in [2.05, 4.69) is 14.6 Å². The monoisotopic (exact) mass is 335 g/mol. The number of aryl methyl sites for hydroxylation is 2. The summed E-state index contributed by atoms with van der Waals surface area (Å²) in [6, 6.07) is 5.30. The van der Waals surface area contributed by atoms with E-state index < -0.39 is 10.0 Å². The van der Waals surface area contributed by atoms with Crippen LogP contribution in [0.15, 0.2) is 27.5 Å². The molecule has 1 aliphatic heterocycles. The molecule has 6 nitrogen and oxygen atoms in total. The van der Waals surface area contributed by atoms with Crippen LogP contribution in [0.3, 0.4) is 0 Å². The molecular formula is C16H21N3O3S. The van der Waals surface area contributed by atoms with Gasteiger partial charge in [0.25, 0.3) is 0 Å². The van der Waals surface area contributed by atoms with Gasteiger partial charge in [-0.05, 0) is 38.0 Å². The van der Waals surface area contributed by atoms with Crippen LogP contribution in [0.1, 0.15) is 29.8 Å². The Morgan fingerprint density at radius 3 is 2.78 bits per heavy atom. The van der Waals surface area contributed by atoms with Crippen molar-refractivity contribution in [2.75, 3.05) is 18.0 Å². The van der Waals surface area contributed by atoms with Crippen LogP contribution in [0, 0.1) is 13.8 Å². The van der Waals surface area contributed by atoms with Crippen molar-refractivity contribution >= 4 is 15.7 Å². The molecule has 2 heterocycles. The molecular weight excluding hydrogens is 314 g/mol. The van der Waals surface area contributed by atoms with Crippen molar-refractivity contribution in [3.05, 3.63) is 41.1 Å². The second-order valence-electron chi connectivity index (χ2n) is 5.71. The molecule has 3 rings (SSSR count). The number of aromatic nitrogens is 1. The largest absolute Gasteiger partial charge is 0.444 e. The number of hydrogen-bond donors (Lipinski definition) is 1. The van der Waals surface area contributed by atoms with Crippen LogP contribution in [0.25, 0.3) is 0 Å². The van der Waals surface area contributed by atoms with Crippen molar-refractivity contribution in [3.63, 3.8) is 0 Å². The van der Waals surface area contributed by atoms with Gasteiger partial charge in [-0.2, -0.15) is 0 Å². The fourth-order valence-electron chi connectivity index (χ4n) is 2.80. The lowest BCUT2D eigenvalue weighted by Gasteiger charge is -2.18. The molecule has 124 valence electrons. The smallest absolute Gasteiger partial charge is 0.240 e. The van der Waals surface area contributed by atoms with Gasteiger partial charge in [-0.1, -0.05) is 13.0 Å². The molecule has 1 aromatic heterocycles. The molecule has 1 aromatic carbocycles. The van der Waals surface area contributed by atoms with E-state index >= 15 is 0 Å². The summed E-state index contributed by atoms with van der Waals surface area (Å²) in [6.07, 6.45) is 0.898. The van der Waals surface area contributed by atoms with E-state index in [0.29, 0.717) is 23.9 Å². The second-order valence-corrected chi connectivity index (χ2v) is 7.48. The number of hydrogen-bond acceptors (Lipinski definition) is 5. The molecule has 0 bridgehead atoms. The average molecular weight is 335 g/mol. The number of sulfonamides is 1. The van der Waals surface area contributed by atoms with Crippen LogP contribution < -0.4 is 9.62 Å². The van der Waals surface area contributed by atoms with Gasteiger partial charge >= 0.3 is 0 Å². The third kappa shape index (κ3) is 3.11. The Hall–Kier alpha value is -1.86. The van der Waals surface area contributed by atoms with Crippen molar-refractivity contribution in [3.8, 4) is 0 Å². The highest BCUT2D eigenvalue weighted by Gasteiger charge is 2.24. The maximum atomic E-state index is 12.2. The standard InChI is InChI=1S/C16H21N3O3S/c1-4-17-23(20,21)14-6-5-13-7-8-19(15(13)9-14)10-16-18-11(2)12(3)22-16/h5-6,9,17H,4,7-8,10H2,1-3H3. The van der Waals surface area contributed by atoms with Crippen LogP contribution in [0.2, 0.25) is 0 Å². The molecule has 1 aliphatic rings. The highest BCUT2D eigenvalue weighted by atomic mass is 32.2. The summed E-state index contributed by atoms with van der Waals surface area (Å²) in [6.45, 7) is 7.33. The van der Waals surface area contributed by atoms with Crippen LogP contribution in [-0.4, -0.2) is 26.5 Å². The Balaban J connectivity index is 1.89. The zero-order valence-corrected chi connectivity index (χ0v) is 14.4. The lowest BCUT2D eigenvalue weighted by atomic mass is 10.2. The second kappa shape index (κ2) is 5.98. The van der Waals surface area contributed by atoms with Gasteiger partial charge in [-0.3, -0.25) is 0 Å². The highest BCUT2D eigenvalue weighted by molar-refractivity contribution is 7.89. The molecule has 7 heteroatoms. The molecule has 0 spiro atoms. The van der Waals surface area contributed by atoms with Crippen molar-refractivity contribution < 1.29 is 12.8 Å². The fraction of sp³-hybridized carbons (Fsp3) is 0.438. The summed E-state index contributed by atoms with van der Waals surface area (Å²) in [7, 11) is -3.45. The number of anilines is 1. The number of benzene rings is 1. The first kappa shape index (κ1) is 16.0. The molecule has 0 unspecified atom stereocenters. The minimum Gasteiger partial charge on any atom is -0.444 e. The van der Waals surface area contributed by atoms with Crippen LogP contribution in [0.5, 0.6) is 0 Å². The van der Waals surface area contributed by atoms with E-state index in [9.17, 15) is 8.42 Å². The van der Waals surface area contributed by atoms with E-state index in [1.54, 1.807) is 19.1 Å². The van der Waals surface area contributed by atoms with Gasteiger partial charge in [0.1, 0.15) is 5.76 Å². The predicted octanol–water partition coefficient (Wildman–Crippen LogP) is 2.15. The highest BCUT2D eigenvalue weighted by Crippen LogP contribution is 2.31. The first-order valence-electron chi connectivity index (χ1n) is 7.71. The van der Waals surface area contributed by atoms with Gasteiger partial charge in [0.15, 0.2) is 0 Å². The average Bonchev–Trinajstić information content (AvgIpc) is 3.03. The van der Waals surface area contributed by atoms with E-state index in [1.165, 1.54) is 0 Å². The van der Waals surface area contributed by atoms with Gasteiger partial charge in [-0.25, -0.2) is 18.1 Å². The lowest BCUT2D eigenvalue weighted by molar-refractivity contribution is 0.466. The number of oxazole rings is 1. The normalized spacial score (nSPS) is 14.3. The quantitative estimate of drug-likeness (QED) is 0.906. The van der Waals surface area contributed by atoms with Crippen molar-refractivity contribution in [2.45, 2.75) is 38.6 Å². The Bertz CT molecular complexity index is 808. The van der Waals surface area contributed by atoms with Gasteiger partial charge in [0.05, 0.1) is 17.1 Å². The summed E-state index contributed by atoms with van der Waals surface area (Å²) >= 11 is 0. The zero-order chi connectivity index (χ0) is 16.6. The number of rotatable bonds is 5. The summed E-state index contributed by atoms with van der Waals surface area (Å²) in [4.78, 5) is 6.82. The lowest BCUT2D eigenvalue weighted by Crippen LogP contribution is -2.24. The topological polar surface area (TPSA) is 75.4 Å². The van der Waals surface area contributed by atoms with Crippen LogP contribution in [-0.2, 0) is 23.0 Å². The SMILES string of the molecule is CCNS(=O)(=O)c1ccc2c(c1)N(Cc1nc(C)c(C)o1)CC2. The predicted molar refractivity (Wildman–Crippen MR) is 88.0 cm³/mol. The Morgan fingerprint density at radius 1 is 1.35 bits per heavy atom. The molecule has 2 aromatic rings.